The molecule has 0 rings (SSSR count). The summed E-state index contributed by atoms with van der Waals surface area (Å²) >= 11 is 0. The molecule has 0 spiro atoms. The summed E-state index contributed by atoms with van der Waals surface area (Å²) in [5.74, 6) is -0.127. The predicted molar refractivity (Wildman–Crippen MR) is 278 cm³/mol. The fraction of sp³-hybridized carbons (Fsp3) is 0.897. The third kappa shape index (κ3) is 49.8. The van der Waals surface area contributed by atoms with Crippen molar-refractivity contribution >= 4 is 11.9 Å². The minimum atomic E-state index is -0.699. The van der Waals surface area contributed by atoms with Crippen LogP contribution in [0.25, 0.3) is 0 Å². The molecule has 1 amide bonds. The van der Waals surface area contributed by atoms with Crippen molar-refractivity contribution in [3.05, 3.63) is 24.3 Å². The number of hydrogen-bond donors (Lipinski definition) is 3. The molecular weight excluding hydrogens is 791 g/mol. The summed E-state index contributed by atoms with van der Waals surface area (Å²) in [4.78, 5) is 24.5. The van der Waals surface area contributed by atoms with Crippen LogP contribution >= 0.6 is 0 Å². The van der Waals surface area contributed by atoms with Gasteiger partial charge in [0.25, 0.3) is 0 Å². The first-order valence-corrected chi connectivity index (χ1v) is 28.6. The SMILES string of the molecule is CCCCCCCCCCCCCCCCCCCCCC(O)C(CO)NC(=O)CC/C=C\C/C=C\CCCCCCCCOC(=O)CCCCCCCCCCCCCCCCC. The molecule has 0 fully saturated rings. The quantitative estimate of drug-likeness (QED) is 0.0321. The van der Waals surface area contributed by atoms with Gasteiger partial charge >= 0.3 is 5.97 Å². The largest absolute Gasteiger partial charge is 0.466 e. The highest BCUT2D eigenvalue weighted by molar-refractivity contribution is 5.76. The van der Waals surface area contributed by atoms with Crippen LogP contribution in [0.5, 0.6) is 0 Å². The first-order chi connectivity index (χ1) is 31.5. The summed E-state index contributed by atoms with van der Waals surface area (Å²) in [6, 6.07) is -0.585. The molecule has 64 heavy (non-hydrogen) atoms. The van der Waals surface area contributed by atoms with Gasteiger partial charge in [0.2, 0.25) is 5.91 Å². The molecule has 0 saturated heterocycles. The van der Waals surface area contributed by atoms with E-state index < -0.39 is 12.1 Å². The standard InChI is InChI=1S/C58H111NO5/c1-3-5-7-9-11-13-15-17-19-20-21-22-24-26-30-34-38-42-46-50-56(61)55(54-60)59-57(62)51-47-43-39-35-31-27-25-29-33-37-41-45-49-53-64-58(63)52-48-44-40-36-32-28-23-18-16-14-12-10-8-6-4-2/h27,31,39,43,55-56,60-61H,3-26,28-30,32-38,40-42,44-54H2,1-2H3,(H,59,62)/b31-27-,43-39-. The van der Waals surface area contributed by atoms with E-state index in [9.17, 15) is 19.8 Å². The molecule has 0 aromatic rings. The van der Waals surface area contributed by atoms with E-state index in [4.69, 9.17) is 4.74 Å². The van der Waals surface area contributed by atoms with Gasteiger partial charge in [0.15, 0.2) is 0 Å². The Morgan fingerprint density at radius 2 is 0.797 bits per heavy atom. The van der Waals surface area contributed by atoms with Gasteiger partial charge in [-0.2, -0.15) is 0 Å². The molecule has 0 aliphatic carbocycles. The van der Waals surface area contributed by atoms with Crippen molar-refractivity contribution in [2.75, 3.05) is 13.2 Å². The van der Waals surface area contributed by atoms with Gasteiger partial charge in [-0.1, -0.05) is 276 Å². The van der Waals surface area contributed by atoms with Gasteiger partial charge in [-0.25, -0.2) is 0 Å². The summed E-state index contributed by atoms with van der Waals surface area (Å²) in [5, 5.41) is 23.2. The van der Waals surface area contributed by atoms with E-state index in [0.717, 1.165) is 51.4 Å². The van der Waals surface area contributed by atoms with Crippen molar-refractivity contribution in [1.82, 2.24) is 5.32 Å². The van der Waals surface area contributed by atoms with Crippen molar-refractivity contribution < 1.29 is 24.5 Å². The average molecular weight is 903 g/mol. The maximum atomic E-state index is 12.4. The molecule has 0 bridgehead atoms. The lowest BCUT2D eigenvalue weighted by Gasteiger charge is -2.22. The Bertz CT molecular complexity index is 997. The highest BCUT2D eigenvalue weighted by atomic mass is 16.5. The van der Waals surface area contributed by atoms with Gasteiger partial charge in [-0.3, -0.25) is 9.59 Å². The number of amides is 1. The maximum absolute atomic E-state index is 12.4. The molecule has 0 heterocycles. The minimum absolute atomic E-state index is 0.0136. The van der Waals surface area contributed by atoms with Gasteiger partial charge < -0.3 is 20.3 Å². The van der Waals surface area contributed by atoms with Gasteiger partial charge in [0.1, 0.15) is 0 Å². The molecule has 0 saturated carbocycles. The molecule has 2 atom stereocenters. The lowest BCUT2D eigenvalue weighted by atomic mass is 10.0. The number of rotatable bonds is 53. The third-order valence-corrected chi connectivity index (χ3v) is 13.3. The number of carbonyl (C=O) groups is 2. The van der Waals surface area contributed by atoms with E-state index in [1.54, 1.807) is 0 Å². The summed E-state index contributed by atoms with van der Waals surface area (Å²) in [6.45, 7) is 4.91. The minimum Gasteiger partial charge on any atom is -0.466 e. The van der Waals surface area contributed by atoms with Crippen molar-refractivity contribution in [3.8, 4) is 0 Å². The molecule has 2 unspecified atom stereocenters. The average Bonchev–Trinajstić information content (AvgIpc) is 3.29. The zero-order valence-corrected chi connectivity index (χ0v) is 43.0. The first kappa shape index (κ1) is 62.3. The van der Waals surface area contributed by atoms with Crippen molar-refractivity contribution in [2.45, 2.75) is 321 Å². The number of hydrogen-bond acceptors (Lipinski definition) is 5. The summed E-state index contributed by atoms with van der Waals surface area (Å²) in [6.07, 6.45) is 64.6. The molecule has 6 nitrogen and oxygen atoms in total. The normalized spacial score (nSPS) is 12.8. The molecule has 6 heteroatoms. The van der Waals surface area contributed by atoms with Crippen LogP contribution in [0.1, 0.15) is 309 Å². The number of unbranched alkanes of at least 4 members (excludes halogenated alkanes) is 38. The molecule has 378 valence electrons. The summed E-state index contributed by atoms with van der Waals surface area (Å²) in [7, 11) is 0. The van der Waals surface area contributed by atoms with Crippen molar-refractivity contribution in [2.24, 2.45) is 0 Å². The number of allylic oxidation sites excluding steroid dienone is 4. The Morgan fingerprint density at radius 1 is 0.438 bits per heavy atom. The monoisotopic (exact) mass is 902 g/mol. The van der Waals surface area contributed by atoms with Crippen LogP contribution in [0.15, 0.2) is 24.3 Å². The number of nitrogens with one attached hydrogen (secondary N) is 1. The van der Waals surface area contributed by atoms with Crippen LogP contribution in [-0.4, -0.2) is 47.4 Å². The lowest BCUT2D eigenvalue weighted by molar-refractivity contribution is -0.143. The Hall–Kier alpha value is -1.66. The van der Waals surface area contributed by atoms with Crippen LogP contribution in [0, 0.1) is 0 Å². The van der Waals surface area contributed by atoms with Crippen LogP contribution in [-0.2, 0) is 14.3 Å². The Kier molecular flexibility index (Phi) is 52.6. The Labute approximate surface area is 399 Å². The number of aliphatic hydroxyl groups excluding tert-OH is 2. The second-order valence-electron chi connectivity index (χ2n) is 19.6. The predicted octanol–water partition coefficient (Wildman–Crippen LogP) is 17.5. The van der Waals surface area contributed by atoms with Crippen LogP contribution in [0.3, 0.4) is 0 Å². The highest BCUT2D eigenvalue weighted by Crippen LogP contribution is 2.17. The van der Waals surface area contributed by atoms with E-state index in [1.807, 2.05) is 6.08 Å². The highest BCUT2D eigenvalue weighted by Gasteiger charge is 2.19. The van der Waals surface area contributed by atoms with E-state index in [-0.39, 0.29) is 18.5 Å². The number of esters is 1. The van der Waals surface area contributed by atoms with Gasteiger partial charge in [0, 0.05) is 12.8 Å². The van der Waals surface area contributed by atoms with Crippen LogP contribution in [0.4, 0.5) is 0 Å². The van der Waals surface area contributed by atoms with E-state index >= 15 is 0 Å². The van der Waals surface area contributed by atoms with Crippen LogP contribution < -0.4 is 5.32 Å². The first-order valence-electron chi connectivity index (χ1n) is 28.6. The number of aliphatic hydroxyl groups is 2. The van der Waals surface area contributed by atoms with Crippen molar-refractivity contribution in [1.29, 1.82) is 0 Å². The second-order valence-corrected chi connectivity index (χ2v) is 19.6. The third-order valence-electron chi connectivity index (χ3n) is 13.3. The smallest absolute Gasteiger partial charge is 0.305 e. The fourth-order valence-electron chi connectivity index (χ4n) is 8.87. The Morgan fingerprint density at radius 3 is 1.22 bits per heavy atom. The summed E-state index contributed by atoms with van der Waals surface area (Å²) in [5.41, 5.74) is 0. The molecule has 3 N–H and O–H groups in total. The van der Waals surface area contributed by atoms with Crippen molar-refractivity contribution in [3.63, 3.8) is 0 Å². The molecule has 0 radical (unpaired) electrons. The topological polar surface area (TPSA) is 95.9 Å². The molecule has 0 aliphatic rings. The molecule has 0 aromatic carbocycles. The maximum Gasteiger partial charge on any atom is 0.305 e. The van der Waals surface area contributed by atoms with Gasteiger partial charge in [-0.05, 0) is 44.9 Å². The zero-order valence-electron chi connectivity index (χ0n) is 43.0. The summed E-state index contributed by atoms with van der Waals surface area (Å²) < 4.78 is 5.46. The van der Waals surface area contributed by atoms with Gasteiger partial charge in [-0.15, -0.1) is 0 Å². The zero-order chi connectivity index (χ0) is 46.5. The fourth-order valence-corrected chi connectivity index (χ4v) is 8.87. The van der Waals surface area contributed by atoms with E-state index in [2.05, 4.69) is 37.4 Å². The van der Waals surface area contributed by atoms with Crippen LogP contribution in [0.2, 0.25) is 0 Å². The van der Waals surface area contributed by atoms with E-state index in [0.29, 0.717) is 32.3 Å². The molecular formula is C58H111NO5. The number of ether oxygens (including phenoxy) is 1. The Balaban J connectivity index is 3.53. The molecule has 0 aliphatic heterocycles. The molecule has 0 aromatic heterocycles. The number of carbonyl (C=O) groups excluding carboxylic acids is 2. The van der Waals surface area contributed by atoms with Gasteiger partial charge in [0.05, 0.1) is 25.4 Å². The lowest BCUT2D eigenvalue weighted by Crippen LogP contribution is -2.45. The van der Waals surface area contributed by atoms with E-state index in [1.165, 1.54) is 218 Å². The second kappa shape index (κ2) is 54.0.